The molecule has 0 aliphatic heterocycles. The normalized spacial score (nSPS) is 11.3. The van der Waals surface area contributed by atoms with Crippen LogP contribution in [0.2, 0.25) is 0 Å². The van der Waals surface area contributed by atoms with Gasteiger partial charge in [-0.15, -0.1) is 0 Å². The van der Waals surface area contributed by atoms with Gasteiger partial charge in [0.1, 0.15) is 6.61 Å². The summed E-state index contributed by atoms with van der Waals surface area (Å²) in [5.74, 6) is -1.62. The average molecular weight is 529 g/mol. The summed E-state index contributed by atoms with van der Waals surface area (Å²) in [4.78, 5) is 17.9. The molecule has 0 radical (unpaired) electrons. The lowest BCUT2D eigenvalue weighted by Crippen LogP contribution is -2.21. The molecule has 4 aromatic rings. The van der Waals surface area contributed by atoms with Crippen LogP contribution in [0, 0.1) is 0 Å². The first-order chi connectivity index (χ1) is 18.2. The second-order valence-electron chi connectivity index (χ2n) is 8.18. The molecular formula is C28H31F3N4O3. The second-order valence-corrected chi connectivity index (χ2v) is 8.18. The molecule has 0 unspecified atom stereocenters. The van der Waals surface area contributed by atoms with Gasteiger partial charge in [-0.05, 0) is 71.4 Å². The highest BCUT2D eigenvalue weighted by Gasteiger charge is 2.38. The van der Waals surface area contributed by atoms with Crippen molar-refractivity contribution in [1.82, 2.24) is 15.0 Å². The van der Waals surface area contributed by atoms with Crippen molar-refractivity contribution < 1.29 is 27.2 Å². The number of carbonyl (C=O) groups excluding carboxylic acids is 1. The van der Waals surface area contributed by atoms with E-state index in [1.54, 1.807) is 0 Å². The molecule has 1 amide bonds. The molecule has 0 bridgehead atoms. The lowest BCUT2D eigenvalue weighted by atomic mass is 10.0. The third-order valence-corrected chi connectivity index (χ3v) is 5.70. The zero-order valence-electron chi connectivity index (χ0n) is 21.8. The molecule has 1 heterocycles. The van der Waals surface area contributed by atoms with Crippen LogP contribution in [-0.4, -0.2) is 34.2 Å². The van der Waals surface area contributed by atoms with E-state index >= 15 is 0 Å². The summed E-state index contributed by atoms with van der Waals surface area (Å²) in [5, 5.41) is 8.10. The molecule has 0 aliphatic carbocycles. The molecule has 10 heteroatoms. The standard InChI is InChI=1S/C26H25F3N4O3.C2H6/c1-3-33(4-2)15-17-5-7-21-14-18(6-8-20(21)13-17)16-35-25(34)30-22-11-9-19(10-12-22)23-31-24(36-32-23)26(27,28)29;1-2/h5-14H,3-4,15-16H2,1-2H3,(H,30,34);1-2H3. The van der Waals surface area contributed by atoms with E-state index in [0.29, 0.717) is 11.3 Å². The van der Waals surface area contributed by atoms with Gasteiger partial charge >= 0.3 is 18.2 Å². The number of ether oxygens (including phenoxy) is 1. The van der Waals surface area contributed by atoms with Crippen LogP contribution < -0.4 is 5.32 Å². The van der Waals surface area contributed by atoms with Gasteiger partial charge in [0, 0.05) is 17.8 Å². The summed E-state index contributed by atoms with van der Waals surface area (Å²) in [6, 6.07) is 18.2. The zero-order chi connectivity index (χ0) is 27.7. The van der Waals surface area contributed by atoms with Crippen molar-refractivity contribution >= 4 is 22.6 Å². The molecule has 0 atom stereocenters. The van der Waals surface area contributed by atoms with E-state index in [9.17, 15) is 18.0 Å². The molecule has 4 rings (SSSR count). The van der Waals surface area contributed by atoms with E-state index in [1.807, 2.05) is 32.0 Å². The summed E-state index contributed by atoms with van der Waals surface area (Å²) in [6.45, 7) is 11.3. The Kier molecular flexibility index (Phi) is 9.84. The van der Waals surface area contributed by atoms with E-state index in [-0.39, 0.29) is 12.4 Å². The van der Waals surface area contributed by atoms with Crippen LogP contribution in [0.4, 0.5) is 23.7 Å². The summed E-state index contributed by atoms with van der Waals surface area (Å²) in [6.07, 6.45) is -5.37. The Labute approximate surface area is 219 Å². The average Bonchev–Trinajstić information content (AvgIpc) is 3.43. The van der Waals surface area contributed by atoms with Gasteiger partial charge < -0.3 is 9.26 Å². The molecular weight excluding hydrogens is 497 g/mol. The fourth-order valence-electron chi connectivity index (χ4n) is 3.70. The molecule has 38 heavy (non-hydrogen) atoms. The molecule has 202 valence electrons. The van der Waals surface area contributed by atoms with Crippen molar-refractivity contribution in [2.24, 2.45) is 0 Å². The molecule has 1 N–H and O–H groups in total. The Balaban J connectivity index is 0.00000195. The number of halogens is 3. The molecule has 0 aliphatic rings. The minimum atomic E-state index is -4.71. The fourth-order valence-corrected chi connectivity index (χ4v) is 3.70. The lowest BCUT2D eigenvalue weighted by molar-refractivity contribution is -0.159. The number of hydrogen-bond donors (Lipinski definition) is 1. The predicted octanol–water partition coefficient (Wildman–Crippen LogP) is 7.53. The zero-order valence-corrected chi connectivity index (χ0v) is 21.8. The van der Waals surface area contributed by atoms with Gasteiger partial charge in [0.2, 0.25) is 5.82 Å². The molecule has 0 spiro atoms. The Morgan fingerprint density at radius 1 is 0.947 bits per heavy atom. The van der Waals surface area contributed by atoms with E-state index in [2.05, 4.69) is 56.9 Å². The van der Waals surface area contributed by atoms with Crippen molar-refractivity contribution in [3.8, 4) is 11.4 Å². The first-order valence-corrected chi connectivity index (χ1v) is 12.4. The lowest BCUT2D eigenvalue weighted by Gasteiger charge is -2.18. The molecule has 7 nitrogen and oxygen atoms in total. The molecule has 0 saturated heterocycles. The fraction of sp³-hybridized carbons (Fsp3) is 0.321. The van der Waals surface area contributed by atoms with E-state index < -0.39 is 18.2 Å². The number of anilines is 1. The number of aromatic nitrogens is 2. The first-order valence-electron chi connectivity index (χ1n) is 12.4. The van der Waals surface area contributed by atoms with Crippen LogP contribution in [0.1, 0.15) is 44.7 Å². The van der Waals surface area contributed by atoms with Crippen molar-refractivity contribution in [2.45, 2.75) is 47.0 Å². The SMILES string of the molecule is CC.CCN(CC)Cc1ccc2cc(COC(=O)Nc3ccc(-c4noc(C(F)(F)F)n4)cc3)ccc2c1. The summed E-state index contributed by atoms with van der Waals surface area (Å²) in [5.41, 5.74) is 2.81. The Morgan fingerprint density at radius 2 is 1.55 bits per heavy atom. The van der Waals surface area contributed by atoms with Gasteiger partial charge in [0.05, 0.1) is 0 Å². The number of carbonyl (C=O) groups is 1. The number of nitrogens with zero attached hydrogens (tertiary/aromatic N) is 3. The number of nitrogens with one attached hydrogen (secondary N) is 1. The van der Waals surface area contributed by atoms with Crippen molar-refractivity contribution in [1.29, 1.82) is 0 Å². The van der Waals surface area contributed by atoms with Crippen LogP contribution in [0.5, 0.6) is 0 Å². The monoisotopic (exact) mass is 528 g/mol. The van der Waals surface area contributed by atoms with Gasteiger partial charge in [-0.25, -0.2) is 4.79 Å². The van der Waals surface area contributed by atoms with Crippen LogP contribution in [0.15, 0.2) is 65.2 Å². The maximum absolute atomic E-state index is 12.6. The van der Waals surface area contributed by atoms with Crippen LogP contribution in [-0.2, 0) is 24.1 Å². The number of rotatable bonds is 8. The molecule has 3 aromatic carbocycles. The Bertz CT molecular complexity index is 1330. The van der Waals surface area contributed by atoms with E-state index in [0.717, 1.165) is 36.0 Å². The number of fused-ring (bicyclic) bond motifs is 1. The highest BCUT2D eigenvalue weighted by atomic mass is 19.4. The number of amides is 1. The summed E-state index contributed by atoms with van der Waals surface area (Å²) < 4.78 is 47.4. The number of hydrogen-bond acceptors (Lipinski definition) is 6. The number of benzene rings is 3. The second kappa shape index (κ2) is 13.0. The van der Waals surface area contributed by atoms with Crippen molar-refractivity contribution in [3.05, 3.63) is 77.7 Å². The van der Waals surface area contributed by atoms with Gasteiger partial charge in [-0.3, -0.25) is 10.2 Å². The Hall–Kier alpha value is -3.92. The molecule has 1 aromatic heterocycles. The summed E-state index contributed by atoms with van der Waals surface area (Å²) >= 11 is 0. The Morgan fingerprint density at radius 3 is 2.13 bits per heavy atom. The smallest absolute Gasteiger partial charge is 0.444 e. The highest BCUT2D eigenvalue weighted by Crippen LogP contribution is 2.29. The van der Waals surface area contributed by atoms with Gasteiger partial charge in [-0.2, -0.15) is 18.2 Å². The highest BCUT2D eigenvalue weighted by molar-refractivity contribution is 5.85. The van der Waals surface area contributed by atoms with Gasteiger partial charge in [0.25, 0.3) is 0 Å². The van der Waals surface area contributed by atoms with Gasteiger partial charge in [-0.1, -0.05) is 57.1 Å². The third-order valence-electron chi connectivity index (χ3n) is 5.70. The molecule has 0 fully saturated rings. The van der Waals surface area contributed by atoms with Crippen LogP contribution in [0.3, 0.4) is 0 Å². The topological polar surface area (TPSA) is 80.5 Å². The quantitative estimate of drug-likeness (QED) is 0.255. The van der Waals surface area contributed by atoms with Crippen molar-refractivity contribution in [3.63, 3.8) is 0 Å². The maximum Gasteiger partial charge on any atom is 0.471 e. The minimum Gasteiger partial charge on any atom is -0.444 e. The first kappa shape index (κ1) is 28.6. The summed E-state index contributed by atoms with van der Waals surface area (Å²) in [7, 11) is 0. The molecule has 0 saturated carbocycles. The van der Waals surface area contributed by atoms with Crippen LogP contribution >= 0.6 is 0 Å². The third kappa shape index (κ3) is 7.55. The van der Waals surface area contributed by atoms with Gasteiger partial charge in [0.15, 0.2) is 0 Å². The predicted molar refractivity (Wildman–Crippen MR) is 140 cm³/mol. The van der Waals surface area contributed by atoms with Crippen LogP contribution in [0.25, 0.3) is 22.2 Å². The van der Waals surface area contributed by atoms with Crippen molar-refractivity contribution in [2.75, 3.05) is 18.4 Å². The minimum absolute atomic E-state index is 0.0874. The maximum atomic E-state index is 12.6. The largest absolute Gasteiger partial charge is 0.471 e. The van der Waals surface area contributed by atoms with E-state index in [4.69, 9.17) is 4.74 Å². The number of alkyl halides is 3. The van der Waals surface area contributed by atoms with E-state index in [1.165, 1.54) is 29.8 Å².